The van der Waals surface area contributed by atoms with Crippen molar-refractivity contribution in [1.82, 2.24) is 9.55 Å². The molecule has 0 bridgehead atoms. The minimum Gasteiger partial charge on any atom is -0.298 e. The van der Waals surface area contributed by atoms with Crippen LogP contribution in [0, 0.1) is 5.92 Å². The van der Waals surface area contributed by atoms with Crippen LogP contribution in [0.25, 0.3) is 10.2 Å². The molecule has 0 saturated heterocycles. The summed E-state index contributed by atoms with van der Waals surface area (Å²) >= 11 is 3.15. The predicted octanol–water partition coefficient (Wildman–Crippen LogP) is 4.37. The number of aromatic nitrogens is 2. The molecule has 2 aliphatic carbocycles. The predicted molar refractivity (Wildman–Crippen MR) is 108 cm³/mol. The van der Waals surface area contributed by atoms with E-state index in [0.717, 1.165) is 48.7 Å². The number of thioether (sulfide) groups is 1. The molecule has 6 heteroatoms. The highest BCUT2D eigenvalue weighted by atomic mass is 32.2. The third-order valence-electron chi connectivity index (χ3n) is 5.44. The second-order valence-electron chi connectivity index (χ2n) is 7.45. The Bertz CT molecular complexity index is 928. The highest BCUT2D eigenvalue weighted by Gasteiger charge is 2.28. The molecule has 4 nitrogen and oxygen atoms in total. The number of rotatable bonds is 4. The lowest BCUT2D eigenvalue weighted by atomic mass is 9.89. The van der Waals surface area contributed by atoms with Gasteiger partial charge in [-0.15, -0.1) is 17.9 Å². The van der Waals surface area contributed by atoms with Crippen molar-refractivity contribution >= 4 is 39.1 Å². The third-order valence-corrected chi connectivity index (χ3v) is 7.89. The first kappa shape index (κ1) is 18.0. The van der Waals surface area contributed by atoms with E-state index in [2.05, 4.69) is 13.5 Å². The molecule has 0 N–H and O–H groups in total. The van der Waals surface area contributed by atoms with Gasteiger partial charge >= 0.3 is 0 Å². The van der Waals surface area contributed by atoms with Crippen LogP contribution in [0.4, 0.5) is 0 Å². The van der Waals surface area contributed by atoms with E-state index in [-0.39, 0.29) is 10.8 Å². The smallest absolute Gasteiger partial charge is 0.263 e. The zero-order valence-corrected chi connectivity index (χ0v) is 16.8. The lowest BCUT2D eigenvalue weighted by Crippen LogP contribution is -2.27. The second kappa shape index (κ2) is 7.31. The van der Waals surface area contributed by atoms with Crippen molar-refractivity contribution in [3.05, 3.63) is 33.4 Å². The van der Waals surface area contributed by atoms with Crippen molar-refractivity contribution < 1.29 is 4.79 Å². The average molecular weight is 389 g/mol. The fourth-order valence-corrected chi connectivity index (χ4v) is 6.64. The first-order valence-corrected chi connectivity index (χ1v) is 11.1. The number of thiophene rings is 1. The molecular formula is C20H24N2O2S2. The highest BCUT2D eigenvalue weighted by Crippen LogP contribution is 2.37. The van der Waals surface area contributed by atoms with Gasteiger partial charge in [-0.1, -0.05) is 31.2 Å². The Kier molecular flexibility index (Phi) is 5.06. The fraction of sp³-hybridized carbons (Fsp3) is 0.550. The van der Waals surface area contributed by atoms with E-state index >= 15 is 0 Å². The SMILES string of the molecule is C=CCn1c(S[C@H]2CCCCC2=O)nc2sc3c(c2c1=O)CC[C@H](C)C3. The second-order valence-corrected chi connectivity index (χ2v) is 9.70. The number of ketones is 1. The summed E-state index contributed by atoms with van der Waals surface area (Å²) in [6.07, 6.45) is 8.46. The maximum absolute atomic E-state index is 13.3. The van der Waals surface area contributed by atoms with Crippen molar-refractivity contribution in [3.8, 4) is 0 Å². The van der Waals surface area contributed by atoms with Crippen LogP contribution in [0.1, 0.15) is 49.5 Å². The first-order valence-electron chi connectivity index (χ1n) is 9.43. The van der Waals surface area contributed by atoms with Gasteiger partial charge in [-0.3, -0.25) is 14.2 Å². The summed E-state index contributed by atoms with van der Waals surface area (Å²) in [5.41, 5.74) is 1.25. The number of carbonyl (C=O) groups excluding carboxylic acids is 1. The van der Waals surface area contributed by atoms with Crippen LogP contribution in [0.2, 0.25) is 0 Å². The molecule has 2 heterocycles. The van der Waals surface area contributed by atoms with Crippen LogP contribution < -0.4 is 5.56 Å². The van der Waals surface area contributed by atoms with Crippen molar-refractivity contribution in [2.75, 3.05) is 0 Å². The Labute approximate surface area is 161 Å². The molecule has 26 heavy (non-hydrogen) atoms. The first-order chi connectivity index (χ1) is 12.6. The molecule has 0 amide bonds. The van der Waals surface area contributed by atoms with Crippen molar-refractivity contribution in [1.29, 1.82) is 0 Å². The molecule has 2 aromatic rings. The maximum atomic E-state index is 13.3. The molecule has 4 rings (SSSR count). The summed E-state index contributed by atoms with van der Waals surface area (Å²) in [5.74, 6) is 0.958. The van der Waals surface area contributed by atoms with E-state index in [9.17, 15) is 9.59 Å². The normalized spacial score (nSPS) is 23.2. The zero-order chi connectivity index (χ0) is 18.3. The van der Waals surface area contributed by atoms with E-state index in [0.29, 0.717) is 29.8 Å². The lowest BCUT2D eigenvalue weighted by molar-refractivity contribution is -0.119. The van der Waals surface area contributed by atoms with Crippen molar-refractivity contribution in [2.45, 2.75) is 68.8 Å². The minimum atomic E-state index is -0.0706. The molecule has 1 saturated carbocycles. The molecule has 0 radical (unpaired) electrons. The molecule has 0 aliphatic heterocycles. The van der Waals surface area contributed by atoms with E-state index in [1.165, 1.54) is 22.2 Å². The van der Waals surface area contributed by atoms with Crippen LogP contribution >= 0.6 is 23.1 Å². The quantitative estimate of drug-likeness (QED) is 0.576. The van der Waals surface area contributed by atoms with Gasteiger partial charge in [0.05, 0.1) is 10.6 Å². The Morgan fingerprint density at radius 2 is 2.15 bits per heavy atom. The van der Waals surface area contributed by atoms with E-state index < -0.39 is 0 Å². The highest BCUT2D eigenvalue weighted by molar-refractivity contribution is 8.00. The number of carbonyl (C=O) groups is 1. The van der Waals surface area contributed by atoms with Crippen LogP contribution in [0.15, 0.2) is 22.6 Å². The Balaban J connectivity index is 1.81. The number of hydrogen-bond acceptors (Lipinski definition) is 5. The number of nitrogens with zero attached hydrogens (tertiary/aromatic N) is 2. The minimum absolute atomic E-state index is 0.0349. The average Bonchev–Trinajstić information content (AvgIpc) is 2.97. The monoisotopic (exact) mass is 388 g/mol. The summed E-state index contributed by atoms with van der Waals surface area (Å²) in [6.45, 7) is 6.51. The van der Waals surface area contributed by atoms with Crippen LogP contribution in [-0.2, 0) is 24.2 Å². The van der Waals surface area contributed by atoms with Gasteiger partial charge in [0.2, 0.25) is 0 Å². The summed E-state index contributed by atoms with van der Waals surface area (Å²) in [5, 5.41) is 1.41. The standard InChI is InChI=1S/C20H24N2O2S2/c1-3-10-22-19(24)17-13-9-8-12(2)11-16(13)25-18(17)21-20(22)26-15-7-5-4-6-14(15)23/h3,12,15H,1,4-11H2,2H3/t12-,15-/m0/s1. The molecule has 2 aromatic heterocycles. The van der Waals surface area contributed by atoms with Gasteiger partial charge in [-0.2, -0.15) is 0 Å². The van der Waals surface area contributed by atoms with Gasteiger partial charge in [0.25, 0.3) is 5.56 Å². The van der Waals surface area contributed by atoms with Crippen molar-refractivity contribution in [2.24, 2.45) is 5.92 Å². The number of allylic oxidation sites excluding steroid dienone is 1. The van der Waals surface area contributed by atoms with E-state index in [4.69, 9.17) is 4.98 Å². The topological polar surface area (TPSA) is 52.0 Å². The van der Waals surface area contributed by atoms with Gasteiger partial charge in [0.1, 0.15) is 10.6 Å². The van der Waals surface area contributed by atoms with Gasteiger partial charge in [0, 0.05) is 17.8 Å². The molecule has 1 fully saturated rings. The fourth-order valence-electron chi connectivity index (χ4n) is 3.99. The van der Waals surface area contributed by atoms with Crippen LogP contribution in [0.3, 0.4) is 0 Å². The van der Waals surface area contributed by atoms with Gasteiger partial charge < -0.3 is 0 Å². The number of fused-ring (bicyclic) bond motifs is 3. The molecular weight excluding hydrogens is 364 g/mol. The van der Waals surface area contributed by atoms with Crippen molar-refractivity contribution in [3.63, 3.8) is 0 Å². The van der Waals surface area contributed by atoms with E-state index in [1.807, 2.05) is 0 Å². The number of Topliss-reactive ketones (excluding diaryl/α,β-unsaturated/α-hetero) is 1. The molecule has 0 unspecified atom stereocenters. The molecule has 2 aliphatic rings. The summed E-state index contributed by atoms with van der Waals surface area (Å²) in [7, 11) is 0. The molecule has 2 atom stereocenters. The molecule has 138 valence electrons. The third kappa shape index (κ3) is 3.18. The van der Waals surface area contributed by atoms with Gasteiger partial charge in [0.15, 0.2) is 5.16 Å². The summed E-state index contributed by atoms with van der Waals surface area (Å²) in [4.78, 5) is 32.5. The number of hydrogen-bond donors (Lipinski definition) is 0. The number of aryl methyl sites for hydroxylation is 1. The van der Waals surface area contributed by atoms with Gasteiger partial charge in [-0.05, 0) is 43.6 Å². The van der Waals surface area contributed by atoms with Gasteiger partial charge in [-0.25, -0.2) is 4.98 Å². The molecule has 0 aromatic carbocycles. The molecule has 0 spiro atoms. The van der Waals surface area contributed by atoms with Crippen LogP contribution in [0.5, 0.6) is 0 Å². The summed E-state index contributed by atoms with van der Waals surface area (Å²) < 4.78 is 1.72. The Hall–Kier alpha value is -1.40. The largest absolute Gasteiger partial charge is 0.298 e. The zero-order valence-electron chi connectivity index (χ0n) is 15.1. The Morgan fingerprint density at radius 1 is 1.31 bits per heavy atom. The maximum Gasteiger partial charge on any atom is 0.263 e. The Morgan fingerprint density at radius 3 is 2.92 bits per heavy atom. The van der Waals surface area contributed by atoms with Crippen LogP contribution in [-0.4, -0.2) is 20.6 Å². The van der Waals surface area contributed by atoms with E-state index in [1.54, 1.807) is 22.0 Å². The lowest BCUT2D eigenvalue weighted by Gasteiger charge is -2.21. The summed E-state index contributed by atoms with van der Waals surface area (Å²) in [6, 6.07) is 0.